The van der Waals surface area contributed by atoms with E-state index < -0.39 is 177 Å². The van der Waals surface area contributed by atoms with Crippen molar-refractivity contribution in [1.29, 1.82) is 0 Å². The van der Waals surface area contributed by atoms with Crippen LogP contribution in [0.25, 0.3) is 11.1 Å². The highest BCUT2D eigenvalue weighted by molar-refractivity contribution is 5.79. The maximum absolute atomic E-state index is 13.5. The van der Waals surface area contributed by atoms with Gasteiger partial charge in [0.25, 0.3) is 0 Å². The van der Waals surface area contributed by atoms with Crippen molar-refractivity contribution in [2.45, 2.75) is 110 Å². The van der Waals surface area contributed by atoms with Crippen LogP contribution in [0.3, 0.4) is 0 Å². The predicted molar refractivity (Wildman–Crippen MR) is 216 cm³/mol. The van der Waals surface area contributed by atoms with Crippen LogP contribution in [0, 0.1) is 10.8 Å². The van der Waals surface area contributed by atoms with Gasteiger partial charge in [0, 0.05) is 19.0 Å². The topological polar surface area (TPSA) is 176 Å². The smallest absolute Gasteiger partial charge is 0.435 e. The van der Waals surface area contributed by atoms with Crippen LogP contribution >= 0.6 is 0 Å². The highest BCUT2D eigenvalue weighted by Gasteiger charge is 2.90. The Labute approximate surface area is 473 Å². The molecule has 0 fully saturated rings. The Hall–Kier alpha value is -6.07. The van der Waals surface area contributed by atoms with Gasteiger partial charge in [0.1, 0.15) is 17.4 Å². The van der Waals surface area contributed by atoms with Crippen LogP contribution in [0.5, 0.6) is 0 Å². The SMILES string of the molecule is C.NCC(COC(C(F)(F)F)(C(F)(F)F)C(F)(F)F)(COC(C(F)(F)F)(C(F)(F)F)C(F)(F)F)C(=O)O.O=C(NCC(COC(C(F)(F)F)(C(F)(F)F)C(F)(F)F)(COC(C(F)(F)F)(C(F)(F)F)C(F)(F)F)C(=O)O)OCC1c2ccccc2-c2ccccc21. The summed E-state index contributed by atoms with van der Waals surface area (Å²) in [6.45, 7) is -19.0. The quantitative estimate of drug-likeness (QED) is 0.0985. The van der Waals surface area contributed by atoms with E-state index in [1.807, 2.05) is 0 Å². The van der Waals surface area contributed by atoms with Crippen molar-refractivity contribution in [2.75, 3.05) is 46.1 Å². The molecule has 90 heavy (non-hydrogen) atoms. The largest absolute Gasteiger partial charge is 0.481 e. The molecule has 48 heteroatoms. The zero-order valence-corrected chi connectivity index (χ0v) is 41.5. The molecule has 1 aliphatic carbocycles. The number of rotatable bonds is 19. The van der Waals surface area contributed by atoms with Gasteiger partial charge in [0.15, 0.2) is 0 Å². The first-order valence-electron chi connectivity index (χ1n) is 21.9. The molecule has 0 radical (unpaired) electrons. The normalized spacial score (nSPS) is 15.3. The average molecular weight is 1410 g/mol. The van der Waals surface area contributed by atoms with E-state index in [2.05, 4.69) is 24.7 Å². The second kappa shape index (κ2) is 25.8. The first-order valence-corrected chi connectivity index (χ1v) is 21.9. The molecule has 3 rings (SSSR count). The third-order valence-corrected chi connectivity index (χ3v) is 12.3. The van der Waals surface area contributed by atoms with E-state index in [4.69, 9.17) is 9.84 Å². The monoisotopic (exact) mass is 1410 g/mol. The van der Waals surface area contributed by atoms with Crippen molar-refractivity contribution in [3.8, 4) is 11.1 Å². The van der Waals surface area contributed by atoms with E-state index in [-0.39, 0.29) is 7.43 Å². The van der Waals surface area contributed by atoms with Gasteiger partial charge in [-0.2, -0.15) is 158 Å². The number of alkyl carbamates (subject to hydrolysis) is 1. The average Bonchev–Trinajstić information content (AvgIpc) is 1.03. The summed E-state index contributed by atoms with van der Waals surface area (Å²) in [5, 5.41) is 19.7. The number of fused-ring (bicyclic) bond motifs is 3. The number of amides is 1. The molecule has 2 aromatic carbocycles. The van der Waals surface area contributed by atoms with E-state index >= 15 is 0 Å². The zero-order valence-electron chi connectivity index (χ0n) is 41.5. The molecule has 12 nitrogen and oxygen atoms in total. The molecule has 2 aromatic rings. The molecule has 0 unspecified atom stereocenters. The van der Waals surface area contributed by atoms with Crippen LogP contribution in [-0.4, -0.2) is 171 Å². The first kappa shape index (κ1) is 81.9. The van der Waals surface area contributed by atoms with Crippen molar-refractivity contribution in [3.63, 3.8) is 0 Å². The number of benzene rings is 2. The second-order valence-electron chi connectivity index (χ2n) is 17.9. The Kier molecular flexibility index (Phi) is 23.5. The third kappa shape index (κ3) is 14.9. The van der Waals surface area contributed by atoms with Crippen LogP contribution in [0.4, 0.5) is 163 Å². The van der Waals surface area contributed by atoms with Gasteiger partial charge in [-0.15, -0.1) is 0 Å². The van der Waals surface area contributed by atoms with Crippen molar-refractivity contribution in [2.24, 2.45) is 16.6 Å². The highest BCUT2D eigenvalue weighted by Crippen LogP contribution is 2.60. The van der Waals surface area contributed by atoms with Crippen LogP contribution in [0.15, 0.2) is 48.5 Å². The van der Waals surface area contributed by atoms with Gasteiger partial charge in [-0.3, -0.25) is 9.59 Å². The molecule has 0 aliphatic heterocycles. The number of aliphatic carboxylic acids is 2. The predicted octanol–water partition coefficient (Wildman–Crippen LogP) is 14.0. The van der Waals surface area contributed by atoms with E-state index in [0.717, 1.165) is 0 Å². The summed E-state index contributed by atoms with van der Waals surface area (Å²) in [7, 11) is 0. The number of alkyl halides is 36. The number of carbonyl (C=O) groups excluding carboxylic acids is 1. The Morgan fingerprint density at radius 1 is 0.378 bits per heavy atom. The maximum atomic E-state index is 13.5. The molecule has 1 amide bonds. The number of ether oxygens (including phenoxy) is 5. The summed E-state index contributed by atoms with van der Waals surface area (Å²) >= 11 is 0. The minimum Gasteiger partial charge on any atom is -0.481 e. The number of halogens is 36. The maximum Gasteiger partial charge on any atom is 0.435 e. The number of hydrogen-bond donors (Lipinski definition) is 4. The highest BCUT2D eigenvalue weighted by atomic mass is 19.5. The Morgan fingerprint density at radius 3 is 0.789 bits per heavy atom. The summed E-state index contributed by atoms with van der Waals surface area (Å²) in [4.78, 5) is 36.0. The number of nitrogens with one attached hydrogen (secondary N) is 1. The van der Waals surface area contributed by atoms with Gasteiger partial charge in [-0.05, 0) is 22.3 Å². The number of carboxylic acid groups (broad SMARTS) is 2. The first-order chi connectivity index (χ1) is 39.2. The van der Waals surface area contributed by atoms with Crippen molar-refractivity contribution < 1.29 is 206 Å². The molecule has 1 aliphatic rings. The summed E-state index contributed by atoms with van der Waals surface area (Å²) < 4.78 is 490. The lowest BCUT2D eigenvalue weighted by Gasteiger charge is -2.42. The van der Waals surface area contributed by atoms with E-state index in [9.17, 15) is 178 Å². The van der Waals surface area contributed by atoms with Crippen LogP contribution in [0.2, 0.25) is 0 Å². The standard InChI is InChI=1S/C28H19F18NO6.C13H9F18NO4.CH4/c29-23(30,31)21(24(32,33)34,25(35,36)37)52-11-20(18(48)49,12-53-22(26(38,39)40,27(41,42)43)28(44,45)46)10-47-19(50)51-9-17-15-7-3-1-5-13(15)14-6-2-4-8-16(14)17;14-8(15,16)6(9(17,18)19,10(20,21)22)35-2-5(1-32,4(33)34)3-36-7(11(23,24)25,12(26,27)28)13(29,30)31;/h1-8,17H,9-12H2,(H,47,50)(H,48,49);1-3,32H2,(H,33,34);1H4. The molecule has 0 heterocycles. The van der Waals surface area contributed by atoms with E-state index in [0.29, 0.717) is 22.3 Å². The van der Waals surface area contributed by atoms with E-state index in [1.165, 1.54) is 29.6 Å². The molecule has 522 valence electrons. The second-order valence-corrected chi connectivity index (χ2v) is 17.9. The van der Waals surface area contributed by atoms with Gasteiger partial charge in [0.05, 0.1) is 26.4 Å². The lowest BCUT2D eigenvalue weighted by atomic mass is 9.88. The van der Waals surface area contributed by atoms with Gasteiger partial charge in [-0.1, -0.05) is 56.0 Å². The summed E-state index contributed by atoms with van der Waals surface area (Å²) in [6, 6.07) is 12.5. The lowest BCUT2D eigenvalue weighted by Crippen LogP contribution is -2.70. The van der Waals surface area contributed by atoms with Crippen LogP contribution in [0.1, 0.15) is 24.5 Å². The molecular weight excluding hydrogens is 1380 g/mol. The molecule has 5 N–H and O–H groups in total. The van der Waals surface area contributed by atoms with E-state index in [1.54, 1.807) is 24.3 Å². The summed E-state index contributed by atoms with van der Waals surface area (Å²) in [5.74, 6) is -7.37. The molecule has 0 saturated carbocycles. The number of nitrogens with two attached hydrogens (primary N) is 1. The summed E-state index contributed by atoms with van der Waals surface area (Å²) in [6.07, 6.45) is -93.4. The zero-order chi connectivity index (χ0) is 70.5. The van der Waals surface area contributed by atoms with Crippen molar-refractivity contribution >= 4 is 18.0 Å². The molecular formula is C42H32F36N2O10. The molecule has 0 spiro atoms. The van der Waals surface area contributed by atoms with Crippen molar-refractivity contribution in [3.05, 3.63) is 59.7 Å². The fourth-order valence-corrected chi connectivity index (χ4v) is 7.50. The van der Waals surface area contributed by atoms with Gasteiger partial charge < -0.3 is 44.9 Å². The van der Waals surface area contributed by atoms with Crippen molar-refractivity contribution in [1.82, 2.24) is 5.32 Å². The van der Waals surface area contributed by atoms with Gasteiger partial charge in [-0.25, -0.2) is 4.79 Å². The third-order valence-electron chi connectivity index (χ3n) is 12.3. The molecule has 0 bridgehead atoms. The number of hydrogen-bond acceptors (Lipinski definition) is 9. The number of carbonyl (C=O) groups is 3. The van der Waals surface area contributed by atoms with Gasteiger partial charge >= 0.3 is 115 Å². The Bertz CT molecular complexity index is 2460. The minimum atomic E-state index is -7.68. The van der Waals surface area contributed by atoms with Crippen LogP contribution < -0.4 is 11.1 Å². The van der Waals surface area contributed by atoms with Gasteiger partial charge in [0.2, 0.25) is 0 Å². The fraction of sp³-hybridized carbons (Fsp3) is 0.643. The number of carboxylic acids is 2. The molecule has 0 atom stereocenters. The Balaban J connectivity index is 0.000000961. The van der Waals surface area contributed by atoms with Crippen LogP contribution in [-0.2, 0) is 33.3 Å². The Morgan fingerprint density at radius 2 is 0.589 bits per heavy atom. The summed E-state index contributed by atoms with van der Waals surface area (Å²) in [5.41, 5.74) is -31.9. The minimum absolute atomic E-state index is 0. The molecule has 0 aromatic heterocycles. The molecule has 0 saturated heterocycles. The lowest BCUT2D eigenvalue weighted by molar-refractivity contribution is -0.467. The fourth-order valence-electron chi connectivity index (χ4n) is 7.50.